The van der Waals surface area contributed by atoms with E-state index in [1.165, 1.54) is 12.0 Å². The van der Waals surface area contributed by atoms with Crippen LogP contribution in [0, 0.1) is 12.8 Å². The van der Waals surface area contributed by atoms with Gasteiger partial charge >= 0.3 is 0 Å². The molecule has 0 bridgehead atoms. The number of nitrogens with one attached hydrogen (secondary N) is 1. The van der Waals surface area contributed by atoms with Crippen LogP contribution in [0.15, 0.2) is 29.3 Å². The van der Waals surface area contributed by atoms with Gasteiger partial charge in [-0.2, -0.15) is 0 Å². The molecule has 0 aliphatic carbocycles. The Morgan fingerprint density at radius 1 is 1.39 bits per heavy atom. The lowest BCUT2D eigenvalue weighted by atomic mass is 10.1. The van der Waals surface area contributed by atoms with E-state index >= 15 is 0 Å². The normalized spacial score (nSPS) is 11.2. The summed E-state index contributed by atoms with van der Waals surface area (Å²) in [6.45, 7) is 7.29. The van der Waals surface area contributed by atoms with Crippen molar-refractivity contribution < 1.29 is 0 Å². The molecule has 1 rings (SSSR count). The summed E-state index contributed by atoms with van der Waals surface area (Å²) >= 11 is 0. The van der Waals surface area contributed by atoms with Gasteiger partial charge in [-0.3, -0.25) is 4.99 Å². The molecule has 3 N–H and O–H groups in total. The molecule has 0 amide bonds. The molecule has 102 valence electrons. The first-order valence-corrected chi connectivity index (χ1v) is 6.21. The van der Waals surface area contributed by atoms with Crippen molar-refractivity contribution in [3.05, 3.63) is 29.8 Å². The van der Waals surface area contributed by atoms with Crippen LogP contribution in [0.25, 0.3) is 0 Å². The molecule has 0 aliphatic rings. The Hall–Kier alpha value is -0.780. The average Bonchev–Trinajstić information content (AvgIpc) is 2.24. The van der Waals surface area contributed by atoms with E-state index in [4.69, 9.17) is 5.73 Å². The van der Waals surface area contributed by atoms with Crippen molar-refractivity contribution in [3.63, 3.8) is 0 Å². The molecule has 0 spiro atoms. The molecule has 0 aliphatic heterocycles. The molecule has 1 aromatic rings. The number of anilines is 1. The summed E-state index contributed by atoms with van der Waals surface area (Å²) in [7, 11) is 0. The van der Waals surface area contributed by atoms with Gasteiger partial charge in [0, 0.05) is 12.2 Å². The lowest BCUT2D eigenvalue weighted by Crippen LogP contribution is -2.22. The van der Waals surface area contributed by atoms with Crippen LogP contribution in [0.3, 0.4) is 0 Å². The van der Waals surface area contributed by atoms with Crippen LogP contribution in [0.5, 0.6) is 0 Å². The molecule has 0 aromatic heterocycles. The number of rotatable bonds is 5. The van der Waals surface area contributed by atoms with Crippen LogP contribution < -0.4 is 11.1 Å². The van der Waals surface area contributed by atoms with Gasteiger partial charge in [-0.1, -0.05) is 26.0 Å². The predicted octanol–water partition coefficient (Wildman–Crippen LogP) is 3.78. The second-order valence-corrected chi connectivity index (χ2v) is 4.80. The third-order valence-corrected chi connectivity index (χ3v) is 2.51. The number of nitrogens with zero attached hydrogens (tertiary/aromatic N) is 1. The van der Waals surface area contributed by atoms with Crippen LogP contribution in [0.4, 0.5) is 5.69 Å². The average molecular weight is 361 g/mol. The fourth-order valence-corrected chi connectivity index (χ4v) is 1.61. The predicted molar refractivity (Wildman–Crippen MR) is 90.8 cm³/mol. The van der Waals surface area contributed by atoms with E-state index in [9.17, 15) is 0 Å². The Bertz CT molecular complexity index is 375. The maximum atomic E-state index is 5.81. The summed E-state index contributed by atoms with van der Waals surface area (Å²) in [5, 5.41) is 3.10. The van der Waals surface area contributed by atoms with E-state index in [1.807, 2.05) is 12.1 Å². The third-order valence-electron chi connectivity index (χ3n) is 2.51. The Kier molecular flexibility index (Phi) is 8.79. The molecule has 1 aromatic carbocycles. The fourth-order valence-electron chi connectivity index (χ4n) is 1.61. The minimum atomic E-state index is 0. The van der Waals surface area contributed by atoms with E-state index in [0.717, 1.165) is 24.6 Å². The highest BCUT2D eigenvalue weighted by molar-refractivity contribution is 14.0. The number of guanidine groups is 1. The summed E-state index contributed by atoms with van der Waals surface area (Å²) in [6.07, 6.45) is 2.29. The lowest BCUT2D eigenvalue weighted by Gasteiger charge is -2.06. The SMILES string of the molecule is Cc1cccc(NC(N)=NCCCC(C)C)c1.I. The van der Waals surface area contributed by atoms with Crippen molar-refractivity contribution in [2.24, 2.45) is 16.6 Å². The van der Waals surface area contributed by atoms with Gasteiger partial charge in [-0.05, 0) is 43.4 Å². The smallest absolute Gasteiger partial charge is 0.193 e. The highest BCUT2D eigenvalue weighted by atomic mass is 127. The van der Waals surface area contributed by atoms with Crippen molar-refractivity contribution in [2.75, 3.05) is 11.9 Å². The minimum Gasteiger partial charge on any atom is -0.370 e. The van der Waals surface area contributed by atoms with E-state index in [-0.39, 0.29) is 24.0 Å². The van der Waals surface area contributed by atoms with Crippen molar-refractivity contribution in [3.8, 4) is 0 Å². The van der Waals surface area contributed by atoms with Crippen LogP contribution in [-0.4, -0.2) is 12.5 Å². The number of nitrogens with two attached hydrogens (primary N) is 1. The molecule has 0 saturated heterocycles. The first kappa shape index (κ1) is 17.2. The van der Waals surface area contributed by atoms with Crippen LogP contribution in [0.2, 0.25) is 0 Å². The van der Waals surface area contributed by atoms with Gasteiger partial charge < -0.3 is 11.1 Å². The monoisotopic (exact) mass is 361 g/mol. The summed E-state index contributed by atoms with van der Waals surface area (Å²) < 4.78 is 0. The van der Waals surface area contributed by atoms with E-state index in [1.54, 1.807) is 0 Å². The van der Waals surface area contributed by atoms with E-state index in [2.05, 4.69) is 43.2 Å². The van der Waals surface area contributed by atoms with Gasteiger partial charge in [0.25, 0.3) is 0 Å². The molecule has 0 radical (unpaired) electrons. The summed E-state index contributed by atoms with van der Waals surface area (Å²) in [5.74, 6) is 1.23. The lowest BCUT2D eigenvalue weighted by molar-refractivity contribution is 0.561. The quantitative estimate of drug-likeness (QED) is 0.363. The molecular formula is C14H24IN3. The number of aryl methyl sites for hydroxylation is 1. The topological polar surface area (TPSA) is 50.4 Å². The zero-order valence-corrected chi connectivity index (χ0v) is 13.8. The number of hydrogen-bond donors (Lipinski definition) is 2. The molecular weight excluding hydrogens is 337 g/mol. The molecule has 0 atom stereocenters. The van der Waals surface area contributed by atoms with Gasteiger partial charge in [-0.25, -0.2) is 0 Å². The van der Waals surface area contributed by atoms with Gasteiger partial charge in [0.1, 0.15) is 0 Å². The Balaban J connectivity index is 0.00000289. The van der Waals surface area contributed by atoms with Gasteiger partial charge in [-0.15, -0.1) is 24.0 Å². The number of aliphatic imine (C=N–C) groups is 1. The zero-order chi connectivity index (χ0) is 12.7. The maximum absolute atomic E-state index is 5.81. The highest BCUT2D eigenvalue weighted by Gasteiger charge is 1.96. The Morgan fingerprint density at radius 3 is 2.72 bits per heavy atom. The second-order valence-electron chi connectivity index (χ2n) is 4.80. The van der Waals surface area contributed by atoms with E-state index < -0.39 is 0 Å². The van der Waals surface area contributed by atoms with Crippen molar-refractivity contribution >= 4 is 35.6 Å². The molecule has 0 unspecified atom stereocenters. The highest BCUT2D eigenvalue weighted by Crippen LogP contribution is 2.09. The van der Waals surface area contributed by atoms with Crippen LogP contribution in [0.1, 0.15) is 32.3 Å². The zero-order valence-electron chi connectivity index (χ0n) is 11.4. The molecule has 18 heavy (non-hydrogen) atoms. The fraction of sp³-hybridized carbons (Fsp3) is 0.500. The summed E-state index contributed by atoms with van der Waals surface area (Å²) in [5.41, 5.74) is 8.02. The van der Waals surface area contributed by atoms with Crippen molar-refractivity contribution in [1.82, 2.24) is 0 Å². The van der Waals surface area contributed by atoms with Crippen LogP contribution in [-0.2, 0) is 0 Å². The second kappa shape index (κ2) is 9.19. The third kappa shape index (κ3) is 7.53. The van der Waals surface area contributed by atoms with Crippen molar-refractivity contribution in [2.45, 2.75) is 33.6 Å². The number of hydrogen-bond acceptors (Lipinski definition) is 1. The molecule has 4 heteroatoms. The van der Waals surface area contributed by atoms with E-state index in [0.29, 0.717) is 5.96 Å². The number of halogens is 1. The standard InChI is InChI=1S/C14H23N3.HI/c1-11(2)6-5-9-16-14(15)17-13-8-4-7-12(3)10-13;/h4,7-8,10-11H,5-6,9H2,1-3H3,(H3,15,16,17);1H. The molecule has 0 saturated carbocycles. The minimum absolute atomic E-state index is 0. The Labute approximate surface area is 127 Å². The first-order valence-electron chi connectivity index (χ1n) is 6.21. The largest absolute Gasteiger partial charge is 0.370 e. The van der Waals surface area contributed by atoms with Gasteiger partial charge in [0.05, 0.1) is 0 Å². The Morgan fingerprint density at radius 2 is 2.11 bits per heavy atom. The van der Waals surface area contributed by atoms with Crippen molar-refractivity contribution in [1.29, 1.82) is 0 Å². The molecule has 3 nitrogen and oxygen atoms in total. The van der Waals surface area contributed by atoms with Gasteiger partial charge in [0.2, 0.25) is 0 Å². The van der Waals surface area contributed by atoms with Gasteiger partial charge in [0.15, 0.2) is 5.96 Å². The number of benzene rings is 1. The first-order chi connectivity index (χ1) is 8.08. The maximum Gasteiger partial charge on any atom is 0.193 e. The summed E-state index contributed by atoms with van der Waals surface area (Å²) in [6, 6.07) is 8.10. The van der Waals surface area contributed by atoms with Crippen LogP contribution >= 0.6 is 24.0 Å². The summed E-state index contributed by atoms with van der Waals surface area (Å²) in [4.78, 5) is 4.30. The molecule has 0 heterocycles. The molecule has 0 fully saturated rings.